The molecule has 0 aliphatic rings. The number of nitrogen functional groups attached to an aromatic ring is 1. The molecular weight excluding hydrogens is 142 g/mol. The summed E-state index contributed by atoms with van der Waals surface area (Å²) in [4.78, 5) is 11.0. The van der Waals surface area contributed by atoms with Gasteiger partial charge in [-0.05, 0) is 24.2 Å². The molecule has 3 heteroatoms. The summed E-state index contributed by atoms with van der Waals surface area (Å²) in [5, 5.41) is 0. The van der Waals surface area contributed by atoms with Gasteiger partial charge in [0.2, 0.25) is 0 Å². The Labute approximate surface area is 67.6 Å². The van der Waals surface area contributed by atoms with E-state index in [1.54, 1.807) is 0 Å². The topological polar surface area (TPSA) is 52.3 Å². The lowest BCUT2D eigenvalue weighted by molar-refractivity contribution is 0.0601. The second-order valence-electron chi connectivity index (χ2n) is 1.94. The predicted octanol–water partition coefficient (Wildman–Crippen LogP) is 1.06. The zero-order chi connectivity index (χ0) is 10.0. The lowest BCUT2D eigenvalue weighted by Gasteiger charge is -1.97. The molecule has 0 atom stereocenters. The third-order valence-electron chi connectivity index (χ3n) is 1.19. The number of rotatable bonds is 1. The molecule has 0 amide bonds. The number of benzene rings is 1. The van der Waals surface area contributed by atoms with Gasteiger partial charge >= 0.3 is 5.97 Å². The number of ether oxygens (including phenoxy) is 1. The minimum atomic E-state index is -0.568. The largest absolute Gasteiger partial charge is 0.465 e. The Balaban J connectivity index is 3.20. The number of nitrogens with two attached hydrogens (primary N) is 1. The number of anilines is 1. The smallest absolute Gasteiger partial charge is 0.337 e. The van der Waals surface area contributed by atoms with Gasteiger partial charge in [0.15, 0.2) is 0 Å². The van der Waals surface area contributed by atoms with Crippen LogP contribution in [0.3, 0.4) is 0 Å². The van der Waals surface area contributed by atoms with Crippen LogP contribution in [0.4, 0.5) is 5.69 Å². The van der Waals surface area contributed by atoms with E-state index >= 15 is 0 Å². The van der Waals surface area contributed by atoms with Crippen LogP contribution in [0.15, 0.2) is 24.2 Å². The van der Waals surface area contributed by atoms with Gasteiger partial charge in [0.25, 0.3) is 0 Å². The van der Waals surface area contributed by atoms with Crippen molar-refractivity contribution < 1.29 is 12.3 Å². The highest BCUT2D eigenvalue weighted by Gasteiger charge is 2.02. The summed E-state index contributed by atoms with van der Waals surface area (Å²) in [5.74, 6) is -0.568. The van der Waals surface area contributed by atoms with E-state index in [9.17, 15) is 4.79 Å². The molecule has 2 N–H and O–H groups in total. The van der Waals surface area contributed by atoms with Crippen molar-refractivity contribution in [3.8, 4) is 0 Å². The number of hydrogen-bond acceptors (Lipinski definition) is 3. The second-order valence-corrected chi connectivity index (χ2v) is 1.94. The zero-order valence-corrected chi connectivity index (χ0v) is 6.05. The van der Waals surface area contributed by atoms with E-state index in [2.05, 4.69) is 4.74 Å². The summed E-state index contributed by atoms with van der Waals surface area (Å²) in [6.45, 7) is 0. The van der Waals surface area contributed by atoms with Gasteiger partial charge in [-0.3, -0.25) is 0 Å². The summed E-state index contributed by atoms with van der Waals surface area (Å²) < 4.78 is 19.1. The van der Waals surface area contributed by atoms with Gasteiger partial charge < -0.3 is 10.5 Å². The molecule has 3 nitrogen and oxygen atoms in total. The summed E-state index contributed by atoms with van der Waals surface area (Å²) in [7, 11) is 1.24. The first kappa shape index (κ1) is 5.18. The van der Waals surface area contributed by atoms with Crippen LogP contribution in [0.2, 0.25) is 0 Å². The van der Waals surface area contributed by atoms with Gasteiger partial charge in [0, 0.05) is 5.69 Å². The van der Waals surface area contributed by atoms with Gasteiger partial charge in [-0.25, -0.2) is 4.79 Å². The maximum absolute atomic E-state index is 11.0. The molecule has 0 heterocycles. The average molecular weight is 153 g/mol. The highest BCUT2D eigenvalue weighted by atomic mass is 16.5. The minimum absolute atomic E-state index is 0.0344. The van der Waals surface area contributed by atoms with E-state index in [-0.39, 0.29) is 23.3 Å². The molecule has 0 aliphatic carbocycles. The van der Waals surface area contributed by atoms with Gasteiger partial charge in [0.05, 0.1) is 15.4 Å². The summed E-state index contributed by atoms with van der Waals surface area (Å²) in [5.41, 5.74) is 5.60. The first-order valence-corrected chi connectivity index (χ1v) is 3.01. The third kappa shape index (κ3) is 1.70. The quantitative estimate of drug-likeness (QED) is 0.484. The van der Waals surface area contributed by atoms with E-state index < -0.39 is 5.97 Å². The molecule has 1 aromatic rings. The molecule has 0 saturated heterocycles. The number of carbonyl (C=O) groups excluding carboxylic acids is 1. The second kappa shape index (κ2) is 3.05. The standard InChI is InChI=1S/C8H9NO2/c1-11-8(10)6-2-4-7(9)5-3-6/h2-5H,9H2,1H3/i4D,5D. The van der Waals surface area contributed by atoms with Crippen LogP contribution in [0.5, 0.6) is 0 Å². The van der Waals surface area contributed by atoms with Crippen molar-refractivity contribution in [3.63, 3.8) is 0 Å². The molecule has 58 valence electrons. The summed E-state index contributed by atoms with van der Waals surface area (Å²) >= 11 is 0. The number of hydrogen-bond donors (Lipinski definition) is 1. The van der Waals surface area contributed by atoms with Gasteiger partial charge in [-0.2, -0.15) is 0 Å². The summed E-state index contributed by atoms with van der Waals surface area (Å²) in [6.07, 6.45) is 0. The molecule has 0 unspecified atom stereocenters. The molecule has 0 radical (unpaired) electrons. The van der Waals surface area contributed by atoms with Crippen molar-refractivity contribution in [1.82, 2.24) is 0 Å². The van der Waals surface area contributed by atoms with Crippen molar-refractivity contribution >= 4 is 11.7 Å². The Morgan fingerprint density at radius 3 is 2.64 bits per heavy atom. The van der Waals surface area contributed by atoms with Crippen LogP contribution < -0.4 is 5.73 Å². The molecule has 1 rings (SSSR count). The average Bonchev–Trinajstić information content (AvgIpc) is 2.12. The molecule has 11 heavy (non-hydrogen) atoms. The lowest BCUT2D eigenvalue weighted by atomic mass is 10.2. The molecule has 0 aromatic heterocycles. The van der Waals surface area contributed by atoms with Gasteiger partial charge in [-0.1, -0.05) is 0 Å². The van der Waals surface area contributed by atoms with Crippen molar-refractivity contribution in [1.29, 1.82) is 0 Å². The number of esters is 1. The molecule has 0 bridgehead atoms. The Hall–Kier alpha value is -1.51. The predicted molar refractivity (Wildman–Crippen MR) is 42.2 cm³/mol. The third-order valence-corrected chi connectivity index (χ3v) is 1.19. The van der Waals surface area contributed by atoms with Crippen LogP contribution in [-0.4, -0.2) is 13.1 Å². The van der Waals surface area contributed by atoms with E-state index in [0.29, 0.717) is 0 Å². The molecule has 0 spiro atoms. The molecule has 0 fully saturated rings. The van der Waals surface area contributed by atoms with Crippen LogP contribution in [0.25, 0.3) is 0 Å². The molecule has 0 aliphatic heterocycles. The molecule has 1 aromatic carbocycles. The highest BCUT2D eigenvalue weighted by Crippen LogP contribution is 2.05. The Morgan fingerprint density at radius 2 is 2.18 bits per heavy atom. The van der Waals surface area contributed by atoms with E-state index in [4.69, 9.17) is 8.48 Å². The van der Waals surface area contributed by atoms with Crippen LogP contribution >= 0.6 is 0 Å². The van der Waals surface area contributed by atoms with Gasteiger partial charge in [0.1, 0.15) is 0 Å². The van der Waals surface area contributed by atoms with E-state index in [1.807, 2.05) is 0 Å². The van der Waals surface area contributed by atoms with Crippen molar-refractivity contribution in [2.75, 3.05) is 12.8 Å². The first-order chi connectivity index (χ1) is 6.06. The van der Waals surface area contributed by atoms with Crippen LogP contribution in [0, 0.1) is 0 Å². The fraction of sp³-hybridized carbons (Fsp3) is 0.125. The van der Waals surface area contributed by atoms with Crippen molar-refractivity contribution in [3.05, 3.63) is 29.8 Å². The zero-order valence-electron chi connectivity index (χ0n) is 8.05. The Kier molecular flexibility index (Phi) is 1.44. The monoisotopic (exact) mass is 153 g/mol. The van der Waals surface area contributed by atoms with Gasteiger partial charge in [-0.15, -0.1) is 0 Å². The Morgan fingerprint density at radius 1 is 1.64 bits per heavy atom. The number of carbonyl (C=O) groups is 1. The minimum Gasteiger partial charge on any atom is -0.465 e. The number of methoxy groups -OCH3 is 1. The van der Waals surface area contributed by atoms with Crippen molar-refractivity contribution in [2.45, 2.75) is 0 Å². The maximum atomic E-state index is 11.0. The van der Waals surface area contributed by atoms with Crippen LogP contribution in [0.1, 0.15) is 13.1 Å². The highest BCUT2D eigenvalue weighted by molar-refractivity contribution is 5.89. The molecular formula is C8H9NO2. The molecule has 0 saturated carbocycles. The fourth-order valence-corrected chi connectivity index (χ4v) is 0.630. The summed E-state index contributed by atoms with van der Waals surface area (Å²) in [6, 6.07) is 2.49. The SMILES string of the molecule is [2H]c1cc(C(=O)OC)cc([2H])c1N. The van der Waals surface area contributed by atoms with E-state index in [1.165, 1.54) is 19.2 Å². The first-order valence-electron chi connectivity index (χ1n) is 4.01. The maximum Gasteiger partial charge on any atom is 0.337 e. The normalized spacial score (nSPS) is 11.7. The lowest BCUT2D eigenvalue weighted by Crippen LogP contribution is -2.00. The van der Waals surface area contributed by atoms with Crippen LogP contribution in [-0.2, 0) is 4.74 Å². The Bertz CT molecular complexity index is 329. The van der Waals surface area contributed by atoms with E-state index in [0.717, 1.165) is 0 Å². The fourth-order valence-electron chi connectivity index (χ4n) is 0.630. The van der Waals surface area contributed by atoms with Crippen molar-refractivity contribution in [2.24, 2.45) is 0 Å².